The molecule has 21 heavy (non-hydrogen) atoms. The van der Waals surface area contributed by atoms with E-state index in [9.17, 15) is 4.79 Å². The van der Waals surface area contributed by atoms with E-state index in [1.165, 1.54) is 0 Å². The van der Waals surface area contributed by atoms with Gasteiger partial charge in [-0.2, -0.15) is 0 Å². The Kier molecular flexibility index (Phi) is 3.82. The predicted octanol–water partition coefficient (Wildman–Crippen LogP) is 1.49. The summed E-state index contributed by atoms with van der Waals surface area (Å²) >= 11 is 0. The first-order valence-corrected chi connectivity index (χ1v) is 7.50. The largest absolute Gasteiger partial charge is 0.371 e. The first-order chi connectivity index (χ1) is 10.1. The van der Waals surface area contributed by atoms with Crippen molar-refractivity contribution in [3.8, 4) is 0 Å². The molecule has 1 aromatic heterocycles. The van der Waals surface area contributed by atoms with Crippen molar-refractivity contribution in [1.82, 2.24) is 9.88 Å². The van der Waals surface area contributed by atoms with Crippen LogP contribution in [0.2, 0.25) is 0 Å². The fourth-order valence-electron chi connectivity index (χ4n) is 3.01. The van der Waals surface area contributed by atoms with Gasteiger partial charge < -0.3 is 15.1 Å². The molecule has 6 heteroatoms. The third-order valence-corrected chi connectivity index (χ3v) is 4.16. The second-order valence-corrected chi connectivity index (χ2v) is 6.13. The van der Waals surface area contributed by atoms with Gasteiger partial charge in [-0.25, -0.2) is 10.8 Å². The summed E-state index contributed by atoms with van der Waals surface area (Å²) in [6.07, 6.45) is 2.51. The van der Waals surface area contributed by atoms with Crippen molar-refractivity contribution in [3.05, 3.63) is 23.4 Å². The Balaban J connectivity index is 1.85. The van der Waals surface area contributed by atoms with E-state index in [0.717, 1.165) is 18.5 Å². The highest BCUT2D eigenvalue weighted by Gasteiger charge is 2.36. The van der Waals surface area contributed by atoms with Gasteiger partial charge in [-0.3, -0.25) is 4.79 Å². The Morgan fingerprint density at radius 2 is 2.05 bits per heavy atom. The average Bonchev–Trinajstić information content (AvgIpc) is 2.84. The molecular formula is C15H22N4O2. The molecule has 114 valence electrons. The highest BCUT2D eigenvalue weighted by Crippen LogP contribution is 2.27. The van der Waals surface area contributed by atoms with Gasteiger partial charge in [-0.1, -0.05) is 13.8 Å². The van der Waals surface area contributed by atoms with Crippen molar-refractivity contribution in [3.63, 3.8) is 0 Å². The Morgan fingerprint density at radius 3 is 2.62 bits per heavy atom. The number of fused-ring (bicyclic) bond motifs is 2. The molecule has 6 nitrogen and oxygen atoms in total. The summed E-state index contributed by atoms with van der Waals surface area (Å²) in [5.41, 5.74) is 4.05. The SMILES string of the molecule is CC(C)c1cc(C(=O)N2CC3CCC(C2)O3)cc(NN)n1. The molecule has 3 N–H and O–H groups in total. The van der Waals surface area contributed by atoms with Gasteiger partial charge in [-0.15, -0.1) is 0 Å². The monoisotopic (exact) mass is 290 g/mol. The summed E-state index contributed by atoms with van der Waals surface area (Å²) in [5.74, 6) is 6.27. The number of pyridine rings is 1. The van der Waals surface area contributed by atoms with Crippen LogP contribution in [-0.4, -0.2) is 41.1 Å². The number of anilines is 1. The molecule has 1 amide bonds. The van der Waals surface area contributed by atoms with E-state index in [1.54, 1.807) is 6.07 Å². The quantitative estimate of drug-likeness (QED) is 0.651. The van der Waals surface area contributed by atoms with Crippen LogP contribution < -0.4 is 11.3 Å². The normalized spacial score (nSPS) is 24.5. The zero-order chi connectivity index (χ0) is 15.0. The van der Waals surface area contributed by atoms with Crippen LogP contribution in [0, 0.1) is 0 Å². The Bertz CT molecular complexity index is 534. The number of hydrogen-bond acceptors (Lipinski definition) is 5. The predicted molar refractivity (Wildman–Crippen MR) is 79.9 cm³/mol. The Morgan fingerprint density at radius 1 is 1.38 bits per heavy atom. The second kappa shape index (κ2) is 5.61. The molecule has 2 fully saturated rings. The molecule has 3 rings (SSSR count). The summed E-state index contributed by atoms with van der Waals surface area (Å²) in [4.78, 5) is 19.0. The lowest BCUT2D eigenvalue weighted by molar-refractivity contribution is -0.0303. The molecule has 2 aliphatic heterocycles. The van der Waals surface area contributed by atoms with Gasteiger partial charge in [0.05, 0.1) is 12.2 Å². The fourth-order valence-corrected chi connectivity index (χ4v) is 3.01. The minimum atomic E-state index is 0.0380. The average molecular weight is 290 g/mol. The van der Waals surface area contributed by atoms with E-state index in [0.29, 0.717) is 24.5 Å². The molecule has 0 spiro atoms. The molecule has 0 radical (unpaired) electrons. The highest BCUT2D eigenvalue weighted by molar-refractivity contribution is 5.95. The van der Waals surface area contributed by atoms with Crippen LogP contribution in [0.3, 0.4) is 0 Å². The third-order valence-electron chi connectivity index (χ3n) is 4.16. The van der Waals surface area contributed by atoms with Crippen LogP contribution in [0.15, 0.2) is 12.1 Å². The third kappa shape index (κ3) is 2.87. The minimum Gasteiger partial charge on any atom is -0.371 e. The van der Waals surface area contributed by atoms with E-state index in [4.69, 9.17) is 10.6 Å². The number of carbonyl (C=O) groups excluding carboxylic acids is 1. The minimum absolute atomic E-state index is 0.0380. The van der Waals surface area contributed by atoms with Crippen LogP contribution in [0.25, 0.3) is 0 Å². The van der Waals surface area contributed by atoms with Crippen molar-refractivity contribution in [2.75, 3.05) is 18.5 Å². The smallest absolute Gasteiger partial charge is 0.254 e. The van der Waals surface area contributed by atoms with Crippen LogP contribution in [0.1, 0.15) is 48.7 Å². The van der Waals surface area contributed by atoms with Crippen LogP contribution in [0.4, 0.5) is 5.82 Å². The molecule has 0 aliphatic carbocycles. The van der Waals surface area contributed by atoms with Gasteiger partial charge in [-0.05, 0) is 30.9 Å². The number of amides is 1. The van der Waals surface area contributed by atoms with Gasteiger partial charge in [0.1, 0.15) is 5.82 Å². The Labute approximate surface area is 124 Å². The molecule has 2 saturated heterocycles. The van der Waals surface area contributed by atoms with E-state index in [1.807, 2.05) is 24.8 Å². The molecule has 1 aromatic rings. The number of nitrogens with zero attached hydrogens (tertiary/aromatic N) is 2. The number of nitrogens with one attached hydrogen (secondary N) is 1. The maximum Gasteiger partial charge on any atom is 0.254 e. The first-order valence-electron chi connectivity index (χ1n) is 7.50. The van der Waals surface area contributed by atoms with Gasteiger partial charge in [0.2, 0.25) is 0 Å². The summed E-state index contributed by atoms with van der Waals surface area (Å²) in [6.45, 7) is 5.46. The molecule has 3 heterocycles. The van der Waals surface area contributed by atoms with Crippen LogP contribution >= 0.6 is 0 Å². The van der Waals surface area contributed by atoms with Crippen molar-refractivity contribution in [1.29, 1.82) is 0 Å². The summed E-state index contributed by atoms with van der Waals surface area (Å²) < 4.78 is 5.78. The molecule has 2 unspecified atom stereocenters. The van der Waals surface area contributed by atoms with Gasteiger partial charge in [0.15, 0.2) is 0 Å². The number of hydrazine groups is 1. The molecule has 2 bridgehead atoms. The lowest BCUT2D eigenvalue weighted by Crippen LogP contribution is -2.45. The number of rotatable bonds is 3. The maximum atomic E-state index is 12.7. The zero-order valence-corrected chi connectivity index (χ0v) is 12.5. The molecule has 2 aliphatic rings. The lowest BCUT2D eigenvalue weighted by Gasteiger charge is -2.32. The number of nitrogens with two attached hydrogens (primary N) is 1. The topological polar surface area (TPSA) is 80.5 Å². The summed E-state index contributed by atoms with van der Waals surface area (Å²) in [7, 11) is 0. The van der Waals surface area contributed by atoms with Crippen LogP contribution in [-0.2, 0) is 4.74 Å². The van der Waals surface area contributed by atoms with Gasteiger partial charge in [0, 0.05) is 24.3 Å². The van der Waals surface area contributed by atoms with E-state index < -0.39 is 0 Å². The molecule has 2 atom stereocenters. The number of morpholine rings is 1. The van der Waals surface area contributed by atoms with Crippen molar-refractivity contribution in [2.24, 2.45) is 5.84 Å². The van der Waals surface area contributed by atoms with Crippen molar-refractivity contribution >= 4 is 11.7 Å². The lowest BCUT2D eigenvalue weighted by atomic mass is 10.1. The fraction of sp³-hybridized carbons (Fsp3) is 0.600. The number of nitrogen functional groups attached to an aromatic ring is 1. The van der Waals surface area contributed by atoms with E-state index in [-0.39, 0.29) is 24.0 Å². The summed E-state index contributed by atoms with van der Waals surface area (Å²) in [6, 6.07) is 3.58. The van der Waals surface area contributed by atoms with Crippen LogP contribution in [0.5, 0.6) is 0 Å². The van der Waals surface area contributed by atoms with Crippen molar-refractivity contribution < 1.29 is 9.53 Å². The Hall–Kier alpha value is -1.66. The molecule has 0 aromatic carbocycles. The number of likely N-dealkylation sites (tertiary alicyclic amines) is 1. The number of ether oxygens (including phenoxy) is 1. The summed E-state index contributed by atoms with van der Waals surface area (Å²) in [5, 5.41) is 0. The molecular weight excluding hydrogens is 268 g/mol. The maximum absolute atomic E-state index is 12.7. The second-order valence-electron chi connectivity index (χ2n) is 6.13. The van der Waals surface area contributed by atoms with Gasteiger partial charge in [0.25, 0.3) is 5.91 Å². The highest BCUT2D eigenvalue weighted by atomic mass is 16.5. The number of aromatic nitrogens is 1. The number of carbonyl (C=O) groups is 1. The van der Waals surface area contributed by atoms with E-state index in [2.05, 4.69) is 10.4 Å². The zero-order valence-electron chi connectivity index (χ0n) is 12.5. The van der Waals surface area contributed by atoms with Gasteiger partial charge >= 0.3 is 0 Å². The first kappa shape index (κ1) is 14.3. The molecule has 0 saturated carbocycles. The van der Waals surface area contributed by atoms with Crippen molar-refractivity contribution in [2.45, 2.75) is 44.8 Å². The van der Waals surface area contributed by atoms with E-state index >= 15 is 0 Å². The standard InChI is InChI=1S/C15H22N4O2/c1-9(2)13-5-10(6-14(17-13)18-16)15(20)19-7-11-3-4-12(8-19)21-11/h5-6,9,11-12H,3-4,7-8,16H2,1-2H3,(H,17,18). The number of hydrogen-bond donors (Lipinski definition) is 2.